The van der Waals surface area contributed by atoms with E-state index in [4.69, 9.17) is 0 Å². The Balaban J connectivity index is 2.22. The lowest BCUT2D eigenvalue weighted by Crippen LogP contribution is -2.34. The minimum Gasteiger partial charge on any atom is -0.370 e. The number of benzene rings is 2. The van der Waals surface area contributed by atoms with Gasteiger partial charge in [-0.05, 0) is 44.7 Å². The van der Waals surface area contributed by atoms with Crippen molar-refractivity contribution in [1.29, 1.82) is 0 Å². The topological polar surface area (TPSA) is 15.3 Å². The average molecular weight is 286 g/mol. The zero-order valence-corrected chi connectivity index (χ0v) is 12.9. The van der Waals surface area contributed by atoms with E-state index in [1.165, 1.54) is 17.3 Å². The van der Waals surface area contributed by atoms with Crippen molar-refractivity contribution in [3.8, 4) is 0 Å². The summed E-state index contributed by atoms with van der Waals surface area (Å²) in [6.07, 6.45) is 0. The Kier molecular flexibility index (Phi) is 5.34. The smallest absolute Gasteiger partial charge is 0.128 e. The molecule has 0 heterocycles. The highest BCUT2D eigenvalue weighted by Crippen LogP contribution is 2.22. The van der Waals surface area contributed by atoms with Gasteiger partial charge in [0.15, 0.2) is 0 Å². The van der Waals surface area contributed by atoms with Crippen LogP contribution in [0.15, 0.2) is 48.5 Å². The number of nitrogens with one attached hydrogen (secondary N) is 1. The summed E-state index contributed by atoms with van der Waals surface area (Å²) in [5, 5.41) is 3.23. The normalized spacial score (nSPS) is 12.2. The fraction of sp³-hybridized carbons (Fsp3) is 0.333. The van der Waals surface area contributed by atoms with E-state index in [9.17, 15) is 4.39 Å². The summed E-state index contributed by atoms with van der Waals surface area (Å²) in [4.78, 5) is 2.26. The SMILES string of the molecule is CCN(CC(NC)c1ccccc1F)c1cccc(C)c1. The molecule has 0 saturated carbocycles. The molecule has 0 amide bonds. The van der Waals surface area contributed by atoms with Crippen molar-refractivity contribution in [2.45, 2.75) is 19.9 Å². The molecule has 0 bridgehead atoms. The first kappa shape index (κ1) is 15.5. The van der Waals surface area contributed by atoms with Gasteiger partial charge in [-0.25, -0.2) is 4.39 Å². The molecule has 2 nitrogen and oxygen atoms in total. The second-order valence-corrected chi connectivity index (χ2v) is 5.24. The summed E-state index contributed by atoms with van der Waals surface area (Å²) in [6.45, 7) is 5.83. The second-order valence-electron chi connectivity index (χ2n) is 5.24. The molecular weight excluding hydrogens is 263 g/mol. The van der Waals surface area contributed by atoms with Gasteiger partial charge in [0, 0.05) is 24.3 Å². The third-order valence-corrected chi connectivity index (χ3v) is 3.78. The minimum absolute atomic E-state index is 0.0355. The van der Waals surface area contributed by atoms with Gasteiger partial charge in [-0.15, -0.1) is 0 Å². The molecule has 0 radical (unpaired) electrons. The summed E-state index contributed by atoms with van der Waals surface area (Å²) < 4.78 is 14.0. The van der Waals surface area contributed by atoms with Crippen LogP contribution in [0.25, 0.3) is 0 Å². The number of hydrogen-bond acceptors (Lipinski definition) is 2. The van der Waals surface area contributed by atoms with Crippen molar-refractivity contribution < 1.29 is 4.39 Å². The number of anilines is 1. The molecule has 0 aliphatic carbocycles. The maximum Gasteiger partial charge on any atom is 0.128 e. The van der Waals surface area contributed by atoms with Crippen molar-refractivity contribution in [2.75, 3.05) is 25.0 Å². The summed E-state index contributed by atoms with van der Waals surface area (Å²) in [7, 11) is 1.88. The first-order chi connectivity index (χ1) is 10.2. The van der Waals surface area contributed by atoms with Crippen LogP contribution in [0.2, 0.25) is 0 Å². The van der Waals surface area contributed by atoms with Gasteiger partial charge in [-0.1, -0.05) is 30.3 Å². The third-order valence-electron chi connectivity index (χ3n) is 3.78. The molecule has 1 N–H and O–H groups in total. The Labute approximate surface area is 126 Å². The van der Waals surface area contributed by atoms with Crippen LogP contribution >= 0.6 is 0 Å². The van der Waals surface area contributed by atoms with E-state index in [-0.39, 0.29) is 11.9 Å². The van der Waals surface area contributed by atoms with Gasteiger partial charge in [-0.3, -0.25) is 0 Å². The van der Waals surface area contributed by atoms with Crippen LogP contribution in [0, 0.1) is 12.7 Å². The zero-order chi connectivity index (χ0) is 15.2. The molecule has 2 rings (SSSR count). The molecule has 0 fully saturated rings. The lowest BCUT2D eigenvalue weighted by atomic mass is 10.1. The van der Waals surface area contributed by atoms with E-state index in [1.54, 1.807) is 6.07 Å². The van der Waals surface area contributed by atoms with Crippen molar-refractivity contribution in [3.63, 3.8) is 0 Å². The molecule has 0 aliphatic heterocycles. The van der Waals surface area contributed by atoms with Crippen LogP contribution in [0.4, 0.5) is 10.1 Å². The fourth-order valence-corrected chi connectivity index (χ4v) is 2.56. The Morgan fingerprint density at radius 2 is 1.90 bits per heavy atom. The predicted molar refractivity (Wildman–Crippen MR) is 87.3 cm³/mol. The predicted octanol–water partition coefficient (Wildman–Crippen LogP) is 3.92. The average Bonchev–Trinajstić information content (AvgIpc) is 2.50. The lowest BCUT2D eigenvalue weighted by molar-refractivity contribution is 0.528. The van der Waals surface area contributed by atoms with Gasteiger partial charge in [0.1, 0.15) is 5.82 Å². The largest absolute Gasteiger partial charge is 0.370 e. The van der Waals surface area contributed by atoms with Crippen LogP contribution in [-0.2, 0) is 0 Å². The molecule has 21 heavy (non-hydrogen) atoms. The van der Waals surface area contributed by atoms with Crippen molar-refractivity contribution in [2.24, 2.45) is 0 Å². The molecule has 2 aromatic rings. The molecule has 1 atom stereocenters. The van der Waals surface area contributed by atoms with E-state index in [1.807, 2.05) is 19.2 Å². The van der Waals surface area contributed by atoms with Gasteiger partial charge in [0.05, 0.1) is 6.04 Å². The molecule has 3 heteroatoms. The van der Waals surface area contributed by atoms with Gasteiger partial charge in [0.25, 0.3) is 0 Å². The zero-order valence-electron chi connectivity index (χ0n) is 12.9. The molecule has 0 aliphatic rings. The Hall–Kier alpha value is -1.87. The highest BCUT2D eigenvalue weighted by atomic mass is 19.1. The van der Waals surface area contributed by atoms with Crippen LogP contribution in [0.5, 0.6) is 0 Å². The lowest BCUT2D eigenvalue weighted by Gasteiger charge is -2.29. The Bertz CT molecular complexity index is 583. The van der Waals surface area contributed by atoms with Gasteiger partial charge in [0.2, 0.25) is 0 Å². The summed E-state index contributed by atoms with van der Waals surface area (Å²) >= 11 is 0. The molecule has 1 unspecified atom stereocenters. The molecule has 112 valence electrons. The molecular formula is C18H23FN2. The van der Waals surface area contributed by atoms with E-state index >= 15 is 0 Å². The highest BCUT2D eigenvalue weighted by molar-refractivity contribution is 5.48. The van der Waals surface area contributed by atoms with Gasteiger partial charge < -0.3 is 10.2 Å². The van der Waals surface area contributed by atoms with Crippen LogP contribution in [0.1, 0.15) is 24.1 Å². The van der Waals surface area contributed by atoms with Crippen molar-refractivity contribution in [1.82, 2.24) is 5.32 Å². The first-order valence-corrected chi connectivity index (χ1v) is 7.39. The third kappa shape index (κ3) is 3.82. The summed E-state index contributed by atoms with van der Waals surface area (Å²) in [5.41, 5.74) is 3.12. The quantitative estimate of drug-likeness (QED) is 0.866. The highest BCUT2D eigenvalue weighted by Gasteiger charge is 2.17. The maximum absolute atomic E-state index is 14.0. The molecule has 0 saturated heterocycles. The fourth-order valence-electron chi connectivity index (χ4n) is 2.56. The number of nitrogens with zero attached hydrogens (tertiary/aromatic N) is 1. The van der Waals surface area contributed by atoms with Gasteiger partial charge in [-0.2, -0.15) is 0 Å². The van der Waals surface area contributed by atoms with E-state index in [0.29, 0.717) is 5.56 Å². The number of hydrogen-bond donors (Lipinski definition) is 1. The monoisotopic (exact) mass is 286 g/mol. The van der Waals surface area contributed by atoms with Crippen LogP contribution < -0.4 is 10.2 Å². The number of aryl methyl sites for hydroxylation is 1. The standard InChI is InChI=1S/C18H23FN2/c1-4-21(15-9-7-8-14(2)12-15)13-18(20-3)16-10-5-6-11-17(16)19/h5-12,18,20H,4,13H2,1-3H3. The molecule has 2 aromatic carbocycles. The maximum atomic E-state index is 14.0. The van der Waals surface area contributed by atoms with Crippen molar-refractivity contribution in [3.05, 3.63) is 65.5 Å². The van der Waals surface area contributed by atoms with Crippen molar-refractivity contribution >= 4 is 5.69 Å². The molecule has 0 spiro atoms. The Morgan fingerprint density at radius 3 is 2.52 bits per heavy atom. The number of rotatable bonds is 6. The van der Waals surface area contributed by atoms with Crippen LogP contribution in [0.3, 0.4) is 0 Å². The minimum atomic E-state index is -0.155. The first-order valence-electron chi connectivity index (χ1n) is 7.39. The number of halogens is 1. The van der Waals surface area contributed by atoms with Gasteiger partial charge >= 0.3 is 0 Å². The molecule has 0 aromatic heterocycles. The number of likely N-dealkylation sites (N-methyl/N-ethyl adjacent to an activating group) is 2. The second kappa shape index (κ2) is 7.23. The van der Waals surface area contributed by atoms with E-state index in [0.717, 1.165) is 13.1 Å². The Morgan fingerprint density at radius 1 is 1.14 bits per heavy atom. The van der Waals surface area contributed by atoms with E-state index < -0.39 is 0 Å². The summed E-state index contributed by atoms with van der Waals surface area (Å²) in [5.74, 6) is -0.155. The van der Waals surface area contributed by atoms with Crippen LogP contribution in [-0.4, -0.2) is 20.1 Å². The van der Waals surface area contributed by atoms with E-state index in [2.05, 4.69) is 48.3 Å². The summed E-state index contributed by atoms with van der Waals surface area (Å²) in [6, 6.07) is 15.3.